The molecule has 1 aromatic rings. The van der Waals surface area contributed by atoms with E-state index in [1.54, 1.807) is 0 Å². The second kappa shape index (κ2) is 6.07. The van der Waals surface area contributed by atoms with Gasteiger partial charge < -0.3 is 5.32 Å². The van der Waals surface area contributed by atoms with Crippen molar-refractivity contribution < 1.29 is 22.0 Å². The third kappa shape index (κ3) is 3.98. The molecule has 1 saturated heterocycles. The van der Waals surface area contributed by atoms with Crippen molar-refractivity contribution in [2.24, 2.45) is 0 Å². The lowest BCUT2D eigenvalue weighted by molar-refractivity contribution is 0.0921. The molecule has 8 heteroatoms. The summed E-state index contributed by atoms with van der Waals surface area (Å²) < 4.78 is 50.2. The number of hydrogen-bond donors (Lipinski definition) is 1. The normalized spacial score (nSPS) is 20.2. The van der Waals surface area contributed by atoms with Gasteiger partial charge in [0.2, 0.25) is 10.0 Å². The number of carbonyl (C=O) groups excluding carboxylic acids is 1. The van der Waals surface area contributed by atoms with E-state index < -0.39 is 27.6 Å². The molecule has 1 aliphatic heterocycles. The summed E-state index contributed by atoms with van der Waals surface area (Å²) in [5, 5.41) is 2.65. The Kier molecular flexibility index (Phi) is 4.58. The fraction of sp³-hybridized carbons (Fsp3) is 0.462. The van der Waals surface area contributed by atoms with Crippen molar-refractivity contribution in [1.82, 2.24) is 9.62 Å². The Morgan fingerprint density at radius 2 is 2.05 bits per heavy atom. The first kappa shape index (κ1) is 15.8. The third-order valence-corrected chi connectivity index (χ3v) is 4.64. The Labute approximate surface area is 122 Å². The van der Waals surface area contributed by atoms with Gasteiger partial charge in [-0.05, 0) is 31.0 Å². The van der Waals surface area contributed by atoms with Gasteiger partial charge in [0.25, 0.3) is 5.91 Å². The molecule has 1 unspecified atom stereocenters. The lowest BCUT2D eigenvalue weighted by Crippen LogP contribution is -2.49. The van der Waals surface area contributed by atoms with Gasteiger partial charge in [-0.2, -0.15) is 0 Å². The first-order valence-corrected chi connectivity index (χ1v) is 8.33. The van der Waals surface area contributed by atoms with Crippen molar-refractivity contribution in [2.45, 2.75) is 18.9 Å². The van der Waals surface area contributed by atoms with Gasteiger partial charge in [-0.25, -0.2) is 21.5 Å². The largest absolute Gasteiger partial charge is 0.348 e. The first-order valence-electron chi connectivity index (χ1n) is 6.48. The molecule has 1 atom stereocenters. The van der Waals surface area contributed by atoms with Gasteiger partial charge in [-0.1, -0.05) is 0 Å². The highest BCUT2D eigenvalue weighted by atomic mass is 32.2. The molecule has 0 saturated carbocycles. The average Bonchev–Trinajstić information content (AvgIpc) is 2.41. The molecule has 116 valence electrons. The van der Waals surface area contributed by atoms with Crippen molar-refractivity contribution >= 4 is 15.9 Å². The SMILES string of the molecule is CS(=O)(=O)N1CCCC(NC(=O)c2ccc(F)c(F)c2)C1. The maximum atomic E-state index is 13.1. The number of nitrogens with one attached hydrogen (secondary N) is 1. The molecule has 21 heavy (non-hydrogen) atoms. The van der Waals surface area contributed by atoms with Crippen LogP contribution in [0.2, 0.25) is 0 Å². The van der Waals surface area contributed by atoms with Crippen LogP contribution >= 0.6 is 0 Å². The molecule has 5 nitrogen and oxygen atoms in total. The van der Waals surface area contributed by atoms with E-state index in [0.717, 1.165) is 18.4 Å². The number of carbonyl (C=O) groups is 1. The van der Waals surface area contributed by atoms with Crippen LogP contribution in [0.1, 0.15) is 23.2 Å². The van der Waals surface area contributed by atoms with Crippen LogP contribution in [0.3, 0.4) is 0 Å². The standard InChI is InChI=1S/C13H16F2N2O3S/c1-21(19,20)17-6-2-3-10(8-17)16-13(18)9-4-5-11(14)12(15)7-9/h4-5,7,10H,2-3,6,8H2,1H3,(H,16,18). The molecule has 0 bridgehead atoms. The van der Waals surface area contributed by atoms with E-state index in [1.807, 2.05) is 0 Å². The molecule has 1 heterocycles. The van der Waals surface area contributed by atoms with E-state index in [4.69, 9.17) is 0 Å². The number of amides is 1. The fourth-order valence-corrected chi connectivity index (χ4v) is 3.18. The highest BCUT2D eigenvalue weighted by Gasteiger charge is 2.27. The zero-order valence-corrected chi connectivity index (χ0v) is 12.3. The van der Waals surface area contributed by atoms with Gasteiger partial charge in [0.1, 0.15) is 0 Å². The molecule has 0 spiro atoms. The molecule has 1 N–H and O–H groups in total. The van der Waals surface area contributed by atoms with E-state index >= 15 is 0 Å². The van der Waals surface area contributed by atoms with E-state index in [-0.39, 0.29) is 18.2 Å². The maximum absolute atomic E-state index is 13.1. The zero-order valence-electron chi connectivity index (χ0n) is 11.5. The fourth-order valence-electron chi connectivity index (χ4n) is 2.27. The highest BCUT2D eigenvalue weighted by molar-refractivity contribution is 7.88. The number of benzene rings is 1. The molecule has 0 radical (unpaired) electrons. The second-order valence-corrected chi connectivity index (χ2v) is 7.04. The number of rotatable bonds is 3. The molecule has 1 fully saturated rings. The van der Waals surface area contributed by atoms with Crippen LogP contribution < -0.4 is 5.32 Å². The summed E-state index contributed by atoms with van der Waals surface area (Å²) in [6.07, 6.45) is 2.39. The van der Waals surface area contributed by atoms with Crippen LogP contribution in [-0.4, -0.2) is 44.0 Å². The Bertz CT molecular complexity index is 649. The summed E-state index contributed by atoms with van der Waals surface area (Å²) in [6.45, 7) is 0.616. The summed E-state index contributed by atoms with van der Waals surface area (Å²) in [5.41, 5.74) is 0.00498. The minimum atomic E-state index is -3.30. The van der Waals surface area contributed by atoms with E-state index in [9.17, 15) is 22.0 Å². The molecule has 1 amide bonds. The predicted octanol–water partition coefficient (Wildman–Crippen LogP) is 1.12. The minimum absolute atomic E-state index is 0.00498. The Balaban J connectivity index is 2.03. The third-order valence-electron chi connectivity index (χ3n) is 3.37. The second-order valence-electron chi connectivity index (χ2n) is 5.06. The molecular formula is C13H16F2N2O3S. The number of hydrogen-bond acceptors (Lipinski definition) is 3. The zero-order chi connectivity index (χ0) is 15.6. The Morgan fingerprint density at radius 3 is 2.67 bits per heavy atom. The van der Waals surface area contributed by atoms with Gasteiger partial charge in [0.05, 0.1) is 6.26 Å². The van der Waals surface area contributed by atoms with Crippen molar-refractivity contribution in [3.8, 4) is 0 Å². The lowest BCUT2D eigenvalue weighted by atomic mass is 10.1. The summed E-state index contributed by atoms with van der Waals surface area (Å²) in [5.74, 6) is -2.66. The van der Waals surface area contributed by atoms with Gasteiger partial charge in [-0.15, -0.1) is 0 Å². The van der Waals surface area contributed by atoms with Crippen molar-refractivity contribution in [1.29, 1.82) is 0 Å². The predicted molar refractivity (Wildman–Crippen MR) is 73.3 cm³/mol. The highest BCUT2D eigenvalue weighted by Crippen LogP contribution is 2.14. The van der Waals surface area contributed by atoms with Crippen LogP contribution in [-0.2, 0) is 10.0 Å². The van der Waals surface area contributed by atoms with Gasteiger partial charge in [0.15, 0.2) is 11.6 Å². The van der Waals surface area contributed by atoms with Crippen molar-refractivity contribution in [2.75, 3.05) is 19.3 Å². The number of nitrogens with zero attached hydrogens (tertiary/aromatic N) is 1. The van der Waals surface area contributed by atoms with Gasteiger partial charge >= 0.3 is 0 Å². The topological polar surface area (TPSA) is 66.5 Å². The number of halogens is 2. The molecule has 1 aliphatic rings. The quantitative estimate of drug-likeness (QED) is 0.908. The molecular weight excluding hydrogens is 302 g/mol. The number of piperidine rings is 1. The molecule has 0 aromatic heterocycles. The van der Waals surface area contributed by atoms with Crippen LogP contribution in [0.25, 0.3) is 0 Å². The number of sulfonamides is 1. The minimum Gasteiger partial charge on any atom is -0.348 e. The molecule has 2 rings (SSSR count). The summed E-state index contributed by atoms with van der Waals surface area (Å²) in [6, 6.07) is 2.55. The molecule has 1 aromatic carbocycles. The van der Waals surface area contributed by atoms with Gasteiger partial charge in [0, 0.05) is 24.7 Å². The Hall–Kier alpha value is -1.54. The van der Waals surface area contributed by atoms with Crippen molar-refractivity contribution in [3.63, 3.8) is 0 Å². The van der Waals surface area contributed by atoms with Crippen molar-refractivity contribution in [3.05, 3.63) is 35.4 Å². The smallest absolute Gasteiger partial charge is 0.251 e. The molecule has 0 aliphatic carbocycles. The average molecular weight is 318 g/mol. The van der Waals surface area contributed by atoms with Crippen LogP contribution in [0, 0.1) is 11.6 Å². The van der Waals surface area contributed by atoms with Gasteiger partial charge in [-0.3, -0.25) is 4.79 Å². The summed E-state index contributed by atoms with van der Waals surface area (Å²) in [4.78, 5) is 12.0. The monoisotopic (exact) mass is 318 g/mol. The van der Waals surface area contributed by atoms with E-state index in [0.29, 0.717) is 19.4 Å². The summed E-state index contributed by atoms with van der Waals surface area (Å²) in [7, 11) is -3.30. The lowest BCUT2D eigenvalue weighted by Gasteiger charge is -2.31. The van der Waals surface area contributed by atoms with Crippen LogP contribution in [0.5, 0.6) is 0 Å². The van der Waals surface area contributed by atoms with E-state index in [2.05, 4.69) is 5.32 Å². The Morgan fingerprint density at radius 1 is 1.33 bits per heavy atom. The maximum Gasteiger partial charge on any atom is 0.251 e. The van der Waals surface area contributed by atoms with Crippen LogP contribution in [0.15, 0.2) is 18.2 Å². The van der Waals surface area contributed by atoms with E-state index in [1.165, 1.54) is 10.4 Å². The first-order chi connectivity index (χ1) is 9.77. The van der Waals surface area contributed by atoms with Crippen LogP contribution in [0.4, 0.5) is 8.78 Å². The summed E-state index contributed by atoms with van der Waals surface area (Å²) >= 11 is 0.